The maximum absolute atomic E-state index is 5.21. The van der Waals surface area contributed by atoms with Gasteiger partial charge in [-0.2, -0.15) is 0 Å². The van der Waals surface area contributed by atoms with Gasteiger partial charge in [0.05, 0.1) is 0 Å². The van der Waals surface area contributed by atoms with Gasteiger partial charge in [0.2, 0.25) is 0 Å². The lowest BCUT2D eigenvalue weighted by Gasteiger charge is -2.20. The van der Waals surface area contributed by atoms with Gasteiger partial charge in [-0.15, -0.1) is 12.3 Å². The Balaban J connectivity index is 2.25. The summed E-state index contributed by atoms with van der Waals surface area (Å²) < 4.78 is 0. The third-order valence-electron chi connectivity index (χ3n) is 3.43. The summed E-state index contributed by atoms with van der Waals surface area (Å²) in [6, 6.07) is 0.721. The van der Waals surface area contributed by atoms with Crippen molar-refractivity contribution in [3.63, 3.8) is 0 Å². The highest BCUT2D eigenvalue weighted by Gasteiger charge is 2.30. The lowest BCUT2D eigenvalue weighted by Crippen LogP contribution is -2.33. The number of nitrogens with one attached hydrogen (secondary N) is 1. The zero-order valence-electron chi connectivity index (χ0n) is 8.84. The van der Waals surface area contributed by atoms with Gasteiger partial charge in [0.1, 0.15) is 0 Å². The van der Waals surface area contributed by atoms with Crippen molar-refractivity contribution < 1.29 is 0 Å². The first-order valence-electron chi connectivity index (χ1n) is 5.46. The van der Waals surface area contributed by atoms with Crippen LogP contribution in [-0.4, -0.2) is 12.6 Å². The van der Waals surface area contributed by atoms with Gasteiger partial charge in [0.15, 0.2) is 0 Å². The summed E-state index contributed by atoms with van der Waals surface area (Å²) in [5.74, 6) is 4.44. The molecule has 0 aromatic heterocycles. The molecular formula is C12H21N. The van der Waals surface area contributed by atoms with Crippen LogP contribution >= 0.6 is 0 Å². The van der Waals surface area contributed by atoms with Gasteiger partial charge in [0.25, 0.3) is 0 Å². The number of hydrogen-bond acceptors (Lipinski definition) is 1. The van der Waals surface area contributed by atoms with Crippen molar-refractivity contribution in [2.45, 2.75) is 45.6 Å². The summed E-state index contributed by atoms with van der Waals surface area (Å²) in [5.41, 5.74) is 0. The van der Waals surface area contributed by atoms with Crippen molar-refractivity contribution in [3.05, 3.63) is 0 Å². The minimum absolute atomic E-state index is 0.721. The molecule has 1 N–H and O–H groups in total. The minimum Gasteiger partial charge on any atom is -0.313 e. The average Bonchev–Trinajstić information content (AvgIpc) is 2.48. The molecule has 0 spiro atoms. The average molecular weight is 179 g/mol. The standard InChI is InChI=1S/C12H21N/c1-4-6-9-13-12-8-7-11(5-2)10(12)3/h1,10-13H,5-9H2,2-3H3. The molecule has 0 aromatic carbocycles. The van der Waals surface area contributed by atoms with Crippen LogP contribution in [0.25, 0.3) is 0 Å². The lowest BCUT2D eigenvalue weighted by atomic mass is 9.93. The molecule has 0 aliphatic heterocycles. The topological polar surface area (TPSA) is 12.0 Å². The van der Waals surface area contributed by atoms with E-state index in [9.17, 15) is 0 Å². The molecule has 0 saturated heterocycles. The Morgan fingerprint density at radius 3 is 2.77 bits per heavy atom. The number of rotatable bonds is 4. The van der Waals surface area contributed by atoms with Crippen LogP contribution in [0.15, 0.2) is 0 Å². The fourth-order valence-electron chi connectivity index (χ4n) is 2.44. The van der Waals surface area contributed by atoms with Gasteiger partial charge in [-0.05, 0) is 24.7 Å². The van der Waals surface area contributed by atoms with Crippen molar-refractivity contribution >= 4 is 0 Å². The predicted molar refractivity (Wildman–Crippen MR) is 57.4 cm³/mol. The molecule has 1 saturated carbocycles. The third-order valence-corrected chi connectivity index (χ3v) is 3.43. The van der Waals surface area contributed by atoms with E-state index in [4.69, 9.17) is 6.42 Å². The molecule has 13 heavy (non-hydrogen) atoms. The Morgan fingerprint density at radius 1 is 1.46 bits per heavy atom. The first-order valence-corrected chi connectivity index (χ1v) is 5.46. The number of terminal acetylenes is 1. The SMILES string of the molecule is C#CCCNC1CCC(CC)C1C. The predicted octanol–water partition coefficient (Wildman–Crippen LogP) is 2.42. The van der Waals surface area contributed by atoms with E-state index in [1.54, 1.807) is 0 Å². The molecule has 0 bridgehead atoms. The molecule has 1 aliphatic rings. The summed E-state index contributed by atoms with van der Waals surface area (Å²) in [5, 5.41) is 3.55. The van der Waals surface area contributed by atoms with E-state index in [0.29, 0.717) is 0 Å². The summed E-state index contributed by atoms with van der Waals surface area (Å²) >= 11 is 0. The van der Waals surface area contributed by atoms with Crippen LogP contribution in [0.1, 0.15) is 39.5 Å². The van der Waals surface area contributed by atoms with Gasteiger partial charge >= 0.3 is 0 Å². The molecule has 1 aliphatic carbocycles. The Labute approximate surface area is 82.3 Å². The van der Waals surface area contributed by atoms with Gasteiger partial charge in [-0.25, -0.2) is 0 Å². The van der Waals surface area contributed by atoms with Gasteiger partial charge < -0.3 is 5.32 Å². The van der Waals surface area contributed by atoms with E-state index in [2.05, 4.69) is 25.1 Å². The fraction of sp³-hybridized carbons (Fsp3) is 0.833. The highest BCUT2D eigenvalue weighted by atomic mass is 14.9. The van der Waals surface area contributed by atoms with Crippen LogP contribution in [-0.2, 0) is 0 Å². The molecule has 3 unspecified atom stereocenters. The second-order valence-corrected chi connectivity index (χ2v) is 4.12. The van der Waals surface area contributed by atoms with Crippen molar-refractivity contribution in [1.29, 1.82) is 0 Å². The molecule has 3 atom stereocenters. The van der Waals surface area contributed by atoms with Crippen LogP contribution in [0.2, 0.25) is 0 Å². The minimum atomic E-state index is 0.721. The van der Waals surface area contributed by atoms with E-state index < -0.39 is 0 Å². The third kappa shape index (κ3) is 2.74. The first kappa shape index (κ1) is 10.6. The van der Waals surface area contributed by atoms with Gasteiger partial charge in [-0.1, -0.05) is 20.3 Å². The summed E-state index contributed by atoms with van der Waals surface area (Å²) in [7, 11) is 0. The van der Waals surface area contributed by atoms with E-state index in [1.165, 1.54) is 19.3 Å². The van der Waals surface area contributed by atoms with E-state index >= 15 is 0 Å². The molecule has 1 heteroatoms. The van der Waals surface area contributed by atoms with E-state index in [1.807, 2.05) is 0 Å². The second kappa shape index (κ2) is 5.29. The smallest absolute Gasteiger partial charge is 0.0212 e. The normalized spacial score (nSPS) is 33.2. The monoisotopic (exact) mass is 179 g/mol. The first-order chi connectivity index (χ1) is 6.29. The Morgan fingerprint density at radius 2 is 2.23 bits per heavy atom. The zero-order chi connectivity index (χ0) is 9.68. The largest absolute Gasteiger partial charge is 0.313 e. The quantitative estimate of drug-likeness (QED) is 0.516. The summed E-state index contributed by atoms with van der Waals surface area (Å²) in [4.78, 5) is 0. The van der Waals surface area contributed by atoms with Crippen LogP contribution in [0, 0.1) is 24.2 Å². The molecule has 1 rings (SSSR count). The maximum Gasteiger partial charge on any atom is 0.0212 e. The van der Waals surface area contributed by atoms with E-state index in [0.717, 1.165) is 30.8 Å². The van der Waals surface area contributed by atoms with E-state index in [-0.39, 0.29) is 0 Å². The van der Waals surface area contributed by atoms with Gasteiger partial charge in [0, 0.05) is 19.0 Å². The van der Waals surface area contributed by atoms with Crippen LogP contribution < -0.4 is 5.32 Å². The molecule has 0 radical (unpaired) electrons. The van der Waals surface area contributed by atoms with Gasteiger partial charge in [-0.3, -0.25) is 0 Å². The summed E-state index contributed by atoms with van der Waals surface area (Å²) in [6.07, 6.45) is 10.1. The van der Waals surface area contributed by atoms with Crippen molar-refractivity contribution in [2.75, 3.05) is 6.54 Å². The van der Waals surface area contributed by atoms with Crippen molar-refractivity contribution in [2.24, 2.45) is 11.8 Å². The van der Waals surface area contributed by atoms with Crippen molar-refractivity contribution in [3.8, 4) is 12.3 Å². The highest BCUT2D eigenvalue weighted by molar-refractivity contribution is 4.89. The molecule has 0 aromatic rings. The maximum atomic E-state index is 5.21. The number of hydrogen-bond donors (Lipinski definition) is 1. The van der Waals surface area contributed by atoms with Crippen LogP contribution in [0.3, 0.4) is 0 Å². The Bertz CT molecular complexity index is 180. The lowest BCUT2D eigenvalue weighted by molar-refractivity contribution is 0.347. The van der Waals surface area contributed by atoms with Crippen LogP contribution in [0.5, 0.6) is 0 Å². The molecule has 1 fully saturated rings. The fourth-order valence-corrected chi connectivity index (χ4v) is 2.44. The Hall–Kier alpha value is -0.480. The Kier molecular flexibility index (Phi) is 4.32. The highest BCUT2D eigenvalue weighted by Crippen LogP contribution is 2.33. The molecule has 0 amide bonds. The van der Waals surface area contributed by atoms with Crippen molar-refractivity contribution in [1.82, 2.24) is 5.32 Å². The molecule has 0 heterocycles. The molecule has 1 nitrogen and oxygen atoms in total. The van der Waals surface area contributed by atoms with Crippen LogP contribution in [0.4, 0.5) is 0 Å². The molecular weight excluding hydrogens is 158 g/mol. The second-order valence-electron chi connectivity index (χ2n) is 4.12. The summed E-state index contributed by atoms with van der Waals surface area (Å²) in [6.45, 7) is 5.65. The molecule has 74 valence electrons. The zero-order valence-corrected chi connectivity index (χ0v) is 8.84.